The molecule has 1 aromatic rings. The van der Waals surface area contributed by atoms with Gasteiger partial charge in [-0.2, -0.15) is 0 Å². The lowest BCUT2D eigenvalue weighted by Crippen LogP contribution is -2.38. The van der Waals surface area contributed by atoms with Gasteiger partial charge in [-0.25, -0.2) is 0 Å². The van der Waals surface area contributed by atoms with Crippen LogP contribution >= 0.6 is 11.6 Å². The molecular weight excluding hydrogens is 344 g/mol. The second-order valence-corrected chi connectivity index (χ2v) is 7.28. The fraction of sp³-hybridized carbons (Fsp3) is 0.556. The molecular formula is C18H21ClN2O4. The largest absolute Gasteiger partial charge is 0.466 e. The number of furan rings is 1. The highest BCUT2D eigenvalue weighted by Gasteiger charge is 2.30. The van der Waals surface area contributed by atoms with E-state index in [9.17, 15) is 9.59 Å². The predicted octanol–water partition coefficient (Wildman–Crippen LogP) is 2.71. The number of amides is 2. The van der Waals surface area contributed by atoms with Crippen molar-refractivity contribution in [2.24, 2.45) is 0 Å². The molecule has 1 N–H and O–H groups in total. The van der Waals surface area contributed by atoms with Crippen molar-refractivity contribution in [2.45, 2.75) is 51.4 Å². The van der Waals surface area contributed by atoms with E-state index in [1.54, 1.807) is 0 Å². The van der Waals surface area contributed by atoms with E-state index in [0.717, 1.165) is 49.0 Å². The van der Waals surface area contributed by atoms with Crippen LogP contribution in [0.5, 0.6) is 0 Å². The molecule has 1 atom stereocenters. The Labute approximate surface area is 151 Å². The van der Waals surface area contributed by atoms with Gasteiger partial charge in [-0.3, -0.25) is 9.59 Å². The number of rotatable bonds is 3. The Morgan fingerprint density at radius 2 is 2.08 bits per heavy atom. The van der Waals surface area contributed by atoms with Crippen molar-refractivity contribution < 1.29 is 18.7 Å². The third-order valence-electron chi connectivity index (χ3n) is 5.24. The highest BCUT2D eigenvalue weighted by molar-refractivity contribution is 6.33. The van der Waals surface area contributed by atoms with Crippen molar-refractivity contribution >= 4 is 23.4 Å². The molecule has 6 nitrogen and oxygen atoms in total. The number of carbonyl (C=O) groups excluding carboxylic acids is 2. The zero-order chi connectivity index (χ0) is 17.4. The molecule has 1 aliphatic carbocycles. The van der Waals surface area contributed by atoms with Gasteiger partial charge in [0.05, 0.1) is 12.2 Å². The number of carbonyl (C=O) groups is 2. The highest BCUT2D eigenvalue weighted by atomic mass is 35.5. The molecule has 1 saturated heterocycles. The first-order valence-electron chi connectivity index (χ1n) is 8.78. The minimum absolute atomic E-state index is 0.0593. The first kappa shape index (κ1) is 16.7. The van der Waals surface area contributed by atoms with Crippen LogP contribution in [-0.2, 0) is 22.7 Å². The van der Waals surface area contributed by atoms with Gasteiger partial charge < -0.3 is 19.4 Å². The number of nitrogens with one attached hydrogen (secondary N) is 1. The fourth-order valence-corrected chi connectivity index (χ4v) is 3.87. The second-order valence-electron chi connectivity index (χ2n) is 6.82. The summed E-state index contributed by atoms with van der Waals surface area (Å²) in [6, 6.07) is 0.0593. The van der Waals surface area contributed by atoms with Crippen LogP contribution in [0.3, 0.4) is 0 Å². The number of ether oxygens (including phenoxy) is 1. The summed E-state index contributed by atoms with van der Waals surface area (Å²) in [6.07, 6.45) is 5.59. The van der Waals surface area contributed by atoms with Crippen LogP contribution in [0.2, 0.25) is 0 Å². The average molecular weight is 365 g/mol. The number of fused-ring (bicyclic) bond motifs is 1. The molecule has 0 saturated carbocycles. The average Bonchev–Trinajstić information content (AvgIpc) is 3.12. The van der Waals surface area contributed by atoms with Crippen molar-refractivity contribution in [1.29, 1.82) is 0 Å². The molecule has 25 heavy (non-hydrogen) atoms. The molecule has 1 unspecified atom stereocenters. The lowest BCUT2D eigenvalue weighted by atomic mass is 9.97. The summed E-state index contributed by atoms with van der Waals surface area (Å²) < 4.78 is 10.7. The lowest BCUT2D eigenvalue weighted by molar-refractivity contribution is -0.127. The first-order valence-corrected chi connectivity index (χ1v) is 9.16. The quantitative estimate of drug-likeness (QED) is 0.895. The van der Waals surface area contributed by atoms with Crippen LogP contribution < -0.4 is 5.32 Å². The van der Waals surface area contributed by atoms with Gasteiger partial charge in [-0.05, 0) is 32.1 Å². The van der Waals surface area contributed by atoms with Crippen LogP contribution in [0.25, 0.3) is 0 Å². The van der Waals surface area contributed by atoms with Gasteiger partial charge in [0.25, 0.3) is 11.8 Å². The van der Waals surface area contributed by atoms with Gasteiger partial charge in [0, 0.05) is 35.3 Å². The van der Waals surface area contributed by atoms with Crippen molar-refractivity contribution in [3.05, 3.63) is 33.8 Å². The zero-order valence-electron chi connectivity index (χ0n) is 14.0. The standard InChI is InChI=1S/C18H21ClN2O4/c19-15-4-3-12(15)18(23)21-6-1-2-11(5-7-21)20-17(22)14-9-25-16-10-24-8-13(14)16/h9,11H,1-8,10H2,(H,20,22). The highest BCUT2D eigenvalue weighted by Crippen LogP contribution is 2.32. The Bertz CT molecular complexity index is 739. The summed E-state index contributed by atoms with van der Waals surface area (Å²) in [7, 11) is 0. The van der Waals surface area contributed by atoms with Gasteiger partial charge in [-0.15, -0.1) is 0 Å². The van der Waals surface area contributed by atoms with E-state index >= 15 is 0 Å². The summed E-state index contributed by atoms with van der Waals surface area (Å²) in [5, 5.41) is 3.79. The fourth-order valence-electron chi connectivity index (χ4n) is 3.60. The number of halogens is 1. The number of hydrogen-bond acceptors (Lipinski definition) is 4. The maximum Gasteiger partial charge on any atom is 0.255 e. The van der Waals surface area contributed by atoms with E-state index in [1.807, 2.05) is 4.90 Å². The summed E-state index contributed by atoms with van der Waals surface area (Å²) >= 11 is 6.03. The minimum atomic E-state index is -0.120. The van der Waals surface area contributed by atoms with Gasteiger partial charge >= 0.3 is 0 Å². The third kappa shape index (κ3) is 3.20. The molecule has 3 aliphatic rings. The molecule has 134 valence electrons. The topological polar surface area (TPSA) is 71.8 Å². The maximum absolute atomic E-state index is 12.5. The zero-order valence-corrected chi connectivity index (χ0v) is 14.7. The molecule has 7 heteroatoms. The molecule has 0 aromatic carbocycles. The molecule has 3 heterocycles. The number of likely N-dealkylation sites (tertiary alicyclic amines) is 1. The Kier molecular flexibility index (Phi) is 4.56. The molecule has 4 rings (SSSR count). The van der Waals surface area contributed by atoms with Crippen LogP contribution in [-0.4, -0.2) is 35.8 Å². The van der Waals surface area contributed by atoms with E-state index in [0.29, 0.717) is 36.9 Å². The molecule has 0 spiro atoms. The maximum atomic E-state index is 12.5. The van der Waals surface area contributed by atoms with E-state index in [2.05, 4.69) is 5.32 Å². The predicted molar refractivity (Wildman–Crippen MR) is 91.0 cm³/mol. The lowest BCUT2D eigenvalue weighted by Gasteiger charge is -2.26. The van der Waals surface area contributed by atoms with Crippen LogP contribution in [0.15, 0.2) is 21.3 Å². The minimum Gasteiger partial charge on any atom is -0.466 e. The first-order chi connectivity index (χ1) is 12.1. The van der Waals surface area contributed by atoms with Crippen molar-refractivity contribution in [1.82, 2.24) is 10.2 Å². The molecule has 0 radical (unpaired) electrons. The van der Waals surface area contributed by atoms with Gasteiger partial charge in [0.1, 0.15) is 18.6 Å². The van der Waals surface area contributed by atoms with E-state index in [-0.39, 0.29) is 17.9 Å². The second kappa shape index (κ2) is 6.84. The molecule has 1 aromatic heterocycles. The monoisotopic (exact) mass is 364 g/mol. The molecule has 0 bridgehead atoms. The molecule has 2 aliphatic heterocycles. The van der Waals surface area contributed by atoms with E-state index in [4.69, 9.17) is 20.8 Å². The van der Waals surface area contributed by atoms with E-state index < -0.39 is 0 Å². The Morgan fingerprint density at radius 3 is 2.84 bits per heavy atom. The number of nitrogens with zero attached hydrogens (tertiary/aromatic N) is 1. The van der Waals surface area contributed by atoms with Crippen LogP contribution in [0.1, 0.15) is 53.8 Å². The van der Waals surface area contributed by atoms with Gasteiger partial charge in [-0.1, -0.05) is 11.6 Å². The summed E-state index contributed by atoms with van der Waals surface area (Å²) in [5.74, 6) is 0.687. The number of allylic oxidation sites excluding steroid dienone is 1. The number of hydrogen-bond donors (Lipinski definition) is 1. The summed E-state index contributed by atoms with van der Waals surface area (Å²) in [6.45, 7) is 2.22. The molecule has 1 fully saturated rings. The van der Waals surface area contributed by atoms with E-state index in [1.165, 1.54) is 6.26 Å². The Morgan fingerprint density at radius 1 is 1.20 bits per heavy atom. The normalized spacial score (nSPS) is 23.1. The molecule has 2 amide bonds. The van der Waals surface area contributed by atoms with Crippen LogP contribution in [0.4, 0.5) is 0 Å². The van der Waals surface area contributed by atoms with Gasteiger partial charge in [0.15, 0.2) is 0 Å². The Balaban J connectivity index is 1.36. The third-order valence-corrected chi connectivity index (χ3v) is 5.65. The van der Waals surface area contributed by atoms with Crippen LogP contribution in [0, 0.1) is 0 Å². The van der Waals surface area contributed by atoms with Crippen molar-refractivity contribution in [3.8, 4) is 0 Å². The smallest absolute Gasteiger partial charge is 0.255 e. The Hall–Kier alpha value is -1.79. The summed E-state index contributed by atoms with van der Waals surface area (Å²) in [4.78, 5) is 26.9. The van der Waals surface area contributed by atoms with Crippen molar-refractivity contribution in [2.75, 3.05) is 13.1 Å². The van der Waals surface area contributed by atoms with Crippen molar-refractivity contribution in [3.63, 3.8) is 0 Å². The SMILES string of the molecule is O=C(NC1CCCN(C(=O)C2=C(Cl)CC2)CC1)c1coc2c1COC2. The summed E-state index contributed by atoms with van der Waals surface area (Å²) in [5.41, 5.74) is 2.18. The van der Waals surface area contributed by atoms with Gasteiger partial charge in [0.2, 0.25) is 0 Å².